The van der Waals surface area contributed by atoms with E-state index in [9.17, 15) is 8.42 Å². The van der Waals surface area contributed by atoms with Gasteiger partial charge in [-0.25, -0.2) is 23.4 Å². The largest absolute Gasteiger partial charge is 0.384 e. The zero-order valence-corrected chi connectivity index (χ0v) is 21.8. The zero-order chi connectivity index (χ0) is 24.7. The van der Waals surface area contributed by atoms with Gasteiger partial charge in [0.05, 0.1) is 29.7 Å². The summed E-state index contributed by atoms with van der Waals surface area (Å²) in [5, 5.41) is 0. The molecule has 5 rings (SSSR count). The van der Waals surface area contributed by atoms with E-state index < -0.39 is 10.0 Å². The van der Waals surface area contributed by atoms with Gasteiger partial charge in [-0.3, -0.25) is 4.90 Å². The fourth-order valence-corrected chi connectivity index (χ4v) is 6.86. The number of nitrogen functional groups attached to an aromatic ring is 1. The number of fused-ring (bicyclic) bond motifs is 1. The number of ether oxygens (including phenoxy) is 1. The molecule has 0 radical (unpaired) electrons. The molecule has 2 fully saturated rings. The van der Waals surface area contributed by atoms with Crippen molar-refractivity contribution in [1.82, 2.24) is 24.2 Å². The lowest BCUT2D eigenvalue weighted by atomic mass is 10.1. The fourth-order valence-electron chi connectivity index (χ4n) is 4.77. The Balaban J connectivity index is 1.49. The summed E-state index contributed by atoms with van der Waals surface area (Å²) in [6.45, 7) is 8.81. The second-order valence-electron chi connectivity index (χ2n) is 9.32. The van der Waals surface area contributed by atoms with E-state index in [2.05, 4.69) is 34.7 Å². The highest BCUT2D eigenvalue weighted by Gasteiger charge is 2.34. The monoisotopic (exact) mass is 517 g/mol. The number of hydrogen-bond acceptors (Lipinski definition) is 10. The van der Waals surface area contributed by atoms with Crippen LogP contribution in [0.3, 0.4) is 0 Å². The van der Waals surface area contributed by atoms with Gasteiger partial charge in [-0.2, -0.15) is 4.31 Å². The van der Waals surface area contributed by atoms with Crippen LogP contribution in [0.4, 0.5) is 11.6 Å². The first-order valence-corrected chi connectivity index (χ1v) is 14.4. The highest BCUT2D eigenvalue weighted by molar-refractivity contribution is 7.88. The van der Waals surface area contributed by atoms with Crippen LogP contribution in [0.15, 0.2) is 24.4 Å². The Labute approximate surface area is 209 Å². The Bertz CT molecular complexity index is 1290. The van der Waals surface area contributed by atoms with E-state index in [0.717, 1.165) is 41.2 Å². The molecule has 0 aromatic carbocycles. The number of rotatable bonds is 5. The third-order valence-corrected chi connectivity index (χ3v) is 8.98. The number of morpholine rings is 1. The van der Waals surface area contributed by atoms with Crippen molar-refractivity contribution in [2.45, 2.75) is 32.5 Å². The highest BCUT2D eigenvalue weighted by atomic mass is 32.2. The molecule has 0 amide bonds. The van der Waals surface area contributed by atoms with Crippen LogP contribution in [0.1, 0.15) is 18.7 Å². The summed E-state index contributed by atoms with van der Waals surface area (Å²) in [5.41, 5.74) is 7.50. The Morgan fingerprint density at radius 1 is 1.14 bits per heavy atom. The van der Waals surface area contributed by atoms with Crippen LogP contribution >= 0.6 is 11.3 Å². The summed E-state index contributed by atoms with van der Waals surface area (Å²) >= 11 is 1.71. The highest BCUT2D eigenvalue weighted by Crippen LogP contribution is 2.35. The zero-order valence-electron chi connectivity index (χ0n) is 20.2. The van der Waals surface area contributed by atoms with E-state index in [1.54, 1.807) is 27.9 Å². The van der Waals surface area contributed by atoms with Crippen LogP contribution in [-0.2, 0) is 21.3 Å². The fraction of sp³-hybridized carbons (Fsp3) is 0.522. The number of hydrogen-bond donors (Lipinski definition) is 1. The SMILES string of the molecule is C[C@@H]1CN(S(C)(=O)=O)C[C@H](C)N1Cc1cc2nc(-c3ccc(N)nc3)nc(N3CCOCC3)c2s1. The van der Waals surface area contributed by atoms with Crippen LogP contribution in [0, 0.1) is 0 Å². The van der Waals surface area contributed by atoms with Gasteiger partial charge in [0.15, 0.2) is 11.6 Å². The van der Waals surface area contributed by atoms with E-state index in [1.807, 2.05) is 6.07 Å². The van der Waals surface area contributed by atoms with Gasteiger partial charge >= 0.3 is 0 Å². The van der Waals surface area contributed by atoms with Gasteiger partial charge in [0.25, 0.3) is 0 Å². The Hall–Kier alpha value is -2.38. The number of pyridine rings is 1. The molecule has 0 aliphatic carbocycles. The molecular formula is C23H31N7O3S2. The first-order chi connectivity index (χ1) is 16.7. The van der Waals surface area contributed by atoms with Gasteiger partial charge in [-0.1, -0.05) is 0 Å². The van der Waals surface area contributed by atoms with Crippen LogP contribution < -0.4 is 10.6 Å². The molecule has 3 aromatic rings. The van der Waals surface area contributed by atoms with E-state index in [0.29, 0.717) is 37.9 Å². The predicted octanol–water partition coefficient (Wildman–Crippen LogP) is 2.03. The number of aromatic nitrogens is 3. The summed E-state index contributed by atoms with van der Waals surface area (Å²) in [6, 6.07) is 6.02. The van der Waals surface area contributed by atoms with Gasteiger partial charge in [0.2, 0.25) is 10.0 Å². The third-order valence-electron chi connectivity index (χ3n) is 6.64. The number of nitrogens with two attached hydrogens (primary N) is 1. The molecule has 2 atom stereocenters. The maximum Gasteiger partial charge on any atom is 0.211 e. The topological polar surface area (TPSA) is 118 Å². The summed E-state index contributed by atoms with van der Waals surface area (Å²) in [4.78, 5) is 19.9. The maximum atomic E-state index is 12.1. The molecule has 35 heavy (non-hydrogen) atoms. The molecule has 0 saturated carbocycles. The number of sulfonamides is 1. The lowest BCUT2D eigenvalue weighted by Gasteiger charge is -2.43. The first-order valence-electron chi connectivity index (χ1n) is 11.7. The van der Waals surface area contributed by atoms with Crippen molar-refractivity contribution in [3.8, 4) is 11.4 Å². The first kappa shape index (κ1) is 24.3. The van der Waals surface area contributed by atoms with Crippen molar-refractivity contribution in [3.63, 3.8) is 0 Å². The minimum Gasteiger partial charge on any atom is -0.384 e. The van der Waals surface area contributed by atoms with E-state index in [-0.39, 0.29) is 12.1 Å². The van der Waals surface area contributed by atoms with Gasteiger partial charge in [-0.15, -0.1) is 11.3 Å². The normalized spacial score (nSPS) is 22.7. The molecule has 2 aliphatic rings. The number of nitrogens with zero attached hydrogens (tertiary/aromatic N) is 6. The second kappa shape index (κ2) is 9.58. The van der Waals surface area contributed by atoms with Crippen LogP contribution in [-0.4, -0.2) is 90.3 Å². The average Bonchev–Trinajstić information content (AvgIpc) is 3.23. The molecule has 12 heteroatoms. The molecule has 0 spiro atoms. The Morgan fingerprint density at radius 3 is 2.49 bits per heavy atom. The minimum atomic E-state index is -3.20. The number of thiophene rings is 1. The average molecular weight is 518 g/mol. The quantitative estimate of drug-likeness (QED) is 0.542. The Morgan fingerprint density at radius 2 is 1.86 bits per heavy atom. The van der Waals surface area contributed by atoms with Crippen molar-refractivity contribution in [3.05, 3.63) is 29.3 Å². The van der Waals surface area contributed by atoms with E-state index >= 15 is 0 Å². The Kier molecular flexibility index (Phi) is 6.66. The molecule has 2 saturated heterocycles. The minimum absolute atomic E-state index is 0.111. The second-order valence-corrected chi connectivity index (χ2v) is 12.4. The van der Waals surface area contributed by atoms with Crippen LogP contribution in [0.2, 0.25) is 0 Å². The van der Waals surface area contributed by atoms with Gasteiger partial charge < -0.3 is 15.4 Å². The third kappa shape index (κ3) is 5.12. The molecule has 2 aliphatic heterocycles. The predicted molar refractivity (Wildman–Crippen MR) is 139 cm³/mol. The number of piperazine rings is 1. The van der Waals surface area contributed by atoms with Crippen molar-refractivity contribution in [2.24, 2.45) is 0 Å². The van der Waals surface area contributed by atoms with Gasteiger partial charge in [0, 0.05) is 61.4 Å². The lowest BCUT2D eigenvalue weighted by molar-refractivity contribution is 0.0712. The molecular weight excluding hydrogens is 486 g/mol. The van der Waals surface area contributed by atoms with Crippen molar-refractivity contribution < 1.29 is 13.2 Å². The summed E-state index contributed by atoms with van der Waals surface area (Å²) in [6.07, 6.45) is 2.99. The molecule has 3 aromatic heterocycles. The van der Waals surface area contributed by atoms with Crippen LogP contribution in [0.5, 0.6) is 0 Å². The molecule has 10 nitrogen and oxygen atoms in total. The maximum absolute atomic E-state index is 12.1. The van der Waals surface area contributed by atoms with Crippen LogP contribution in [0.25, 0.3) is 21.6 Å². The van der Waals surface area contributed by atoms with Crippen molar-refractivity contribution >= 4 is 43.2 Å². The van der Waals surface area contributed by atoms with E-state index in [4.69, 9.17) is 20.4 Å². The van der Waals surface area contributed by atoms with Crippen molar-refractivity contribution in [2.75, 3.05) is 56.3 Å². The smallest absolute Gasteiger partial charge is 0.211 e. The molecule has 2 N–H and O–H groups in total. The van der Waals surface area contributed by atoms with Crippen molar-refractivity contribution in [1.29, 1.82) is 0 Å². The molecule has 5 heterocycles. The van der Waals surface area contributed by atoms with E-state index in [1.165, 1.54) is 11.1 Å². The summed E-state index contributed by atoms with van der Waals surface area (Å²) < 4.78 is 32.4. The standard InChI is InChI=1S/C23H31N7O3S2/c1-15-12-29(35(3,31)32)13-16(2)30(15)14-18-10-19-21(34-18)23(28-6-8-33-9-7-28)27-22(26-19)17-4-5-20(24)25-11-17/h4-5,10-11,15-16H,6-9,12-14H2,1-3H3,(H2,24,25)/t15-,16+. The number of anilines is 2. The van der Waals surface area contributed by atoms with Gasteiger partial charge in [-0.05, 0) is 32.0 Å². The molecule has 188 valence electrons. The summed E-state index contributed by atoms with van der Waals surface area (Å²) in [5.74, 6) is 2.00. The lowest BCUT2D eigenvalue weighted by Crippen LogP contribution is -2.57. The van der Waals surface area contributed by atoms with Gasteiger partial charge in [0.1, 0.15) is 5.82 Å². The molecule has 0 unspecified atom stereocenters. The summed E-state index contributed by atoms with van der Waals surface area (Å²) in [7, 11) is -3.20. The molecule has 0 bridgehead atoms.